The summed E-state index contributed by atoms with van der Waals surface area (Å²) in [6, 6.07) is 0.190. The quantitative estimate of drug-likeness (QED) is 0.424. The zero-order chi connectivity index (χ0) is 10.2. The van der Waals surface area contributed by atoms with Gasteiger partial charge in [-0.3, -0.25) is 0 Å². The molecule has 0 radical (unpaired) electrons. The summed E-state index contributed by atoms with van der Waals surface area (Å²) in [5.74, 6) is 0. The zero-order valence-corrected chi connectivity index (χ0v) is 8.83. The van der Waals surface area contributed by atoms with Gasteiger partial charge in [0.1, 0.15) is 6.54 Å². The Morgan fingerprint density at radius 1 is 1.25 bits per heavy atom. The summed E-state index contributed by atoms with van der Waals surface area (Å²) in [6.45, 7) is 4.84. The SMILES string of the molecule is CC(C)NO.C[N+](C)(C)CCO. The largest absolute Gasteiger partial charge is 0.391 e. The number of hydroxylamine groups is 1. The van der Waals surface area contributed by atoms with Crippen molar-refractivity contribution >= 4 is 0 Å². The first kappa shape index (κ1) is 14.4. The summed E-state index contributed by atoms with van der Waals surface area (Å²) in [7, 11) is 6.16. The highest BCUT2D eigenvalue weighted by molar-refractivity contribution is 4.35. The van der Waals surface area contributed by atoms with E-state index < -0.39 is 0 Å². The average Bonchev–Trinajstić information content (AvgIpc) is 1.86. The van der Waals surface area contributed by atoms with E-state index >= 15 is 0 Å². The van der Waals surface area contributed by atoms with E-state index in [4.69, 9.17) is 10.3 Å². The summed E-state index contributed by atoms with van der Waals surface area (Å²) >= 11 is 0. The number of aliphatic hydroxyl groups excluding tert-OH is 1. The Morgan fingerprint density at radius 3 is 1.58 bits per heavy atom. The van der Waals surface area contributed by atoms with Crippen LogP contribution in [-0.2, 0) is 0 Å². The Morgan fingerprint density at radius 2 is 1.58 bits per heavy atom. The van der Waals surface area contributed by atoms with E-state index in [2.05, 4.69) is 21.1 Å². The zero-order valence-electron chi connectivity index (χ0n) is 8.83. The third-order valence-electron chi connectivity index (χ3n) is 1.03. The van der Waals surface area contributed by atoms with Crippen LogP contribution in [0.1, 0.15) is 13.8 Å². The maximum Gasteiger partial charge on any atom is 0.101 e. The number of rotatable bonds is 3. The van der Waals surface area contributed by atoms with Crippen molar-refractivity contribution in [3.05, 3.63) is 0 Å². The van der Waals surface area contributed by atoms with Gasteiger partial charge < -0.3 is 14.8 Å². The molecule has 12 heavy (non-hydrogen) atoms. The molecule has 0 rings (SSSR count). The number of likely N-dealkylation sites (N-methyl/N-ethyl adjacent to an activating group) is 1. The lowest BCUT2D eigenvalue weighted by atomic mass is 10.4. The molecule has 0 amide bonds. The molecule has 0 aromatic heterocycles. The van der Waals surface area contributed by atoms with E-state index in [1.807, 2.05) is 19.3 Å². The minimum Gasteiger partial charge on any atom is -0.391 e. The van der Waals surface area contributed by atoms with Crippen molar-refractivity contribution in [2.45, 2.75) is 19.9 Å². The van der Waals surface area contributed by atoms with E-state index in [0.717, 1.165) is 11.0 Å². The van der Waals surface area contributed by atoms with Crippen LogP contribution in [-0.4, -0.2) is 55.1 Å². The van der Waals surface area contributed by atoms with Crippen molar-refractivity contribution in [3.8, 4) is 0 Å². The van der Waals surface area contributed by atoms with Crippen LogP contribution in [0.25, 0.3) is 0 Å². The van der Waals surface area contributed by atoms with E-state index in [1.54, 1.807) is 0 Å². The number of hydrogen-bond acceptors (Lipinski definition) is 3. The Hall–Kier alpha value is -0.160. The van der Waals surface area contributed by atoms with Gasteiger partial charge in [0.05, 0.1) is 27.7 Å². The molecule has 0 aromatic rings. The number of quaternary nitrogens is 1. The second-order valence-electron chi connectivity index (χ2n) is 4.02. The molecule has 76 valence electrons. The van der Waals surface area contributed by atoms with Crippen LogP contribution in [0.2, 0.25) is 0 Å². The van der Waals surface area contributed by atoms with Crippen LogP contribution in [0.15, 0.2) is 0 Å². The highest BCUT2D eigenvalue weighted by Gasteiger charge is 2.02. The highest BCUT2D eigenvalue weighted by Crippen LogP contribution is 1.84. The predicted molar refractivity (Wildman–Crippen MR) is 50.0 cm³/mol. The molecule has 0 aliphatic rings. The second kappa shape index (κ2) is 7.49. The average molecular weight is 179 g/mol. The maximum atomic E-state index is 8.39. The summed E-state index contributed by atoms with van der Waals surface area (Å²) in [6.07, 6.45) is 0. The highest BCUT2D eigenvalue weighted by atomic mass is 16.5. The molecule has 0 atom stereocenters. The molecule has 0 aliphatic heterocycles. The van der Waals surface area contributed by atoms with Gasteiger partial charge in [0.25, 0.3) is 0 Å². The van der Waals surface area contributed by atoms with Gasteiger partial charge in [-0.05, 0) is 13.8 Å². The lowest BCUT2D eigenvalue weighted by Gasteiger charge is -2.21. The molecule has 0 fully saturated rings. The Labute approximate surface area is 75.4 Å². The molecule has 3 N–H and O–H groups in total. The van der Waals surface area contributed by atoms with Gasteiger partial charge in [0.15, 0.2) is 0 Å². The van der Waals surface area contributed by atoms with Gasteiger partial charge in [0, 0.05) is 6.04 Å². The van der Waals surface area contributed by atoms with Gasteiger partial charge in [-0.1, -0.05) is 0 Å². The number of nitrogens with one attached hydrogen (secondary N) is 1. The lowest BCUT2D eigenvalue weighted by molar-refractivity contribution is -0.870. The normalized spacial score (nSPS) is 11.0. The van der Waals surface area contributed by atoms with Gasteiger partial charge in [-0.25, -0.2) is 5.48 Å². The summed E-state index contributed by atoms with van der Waals surface area (Å²) in [5, 5.41) is 16.3. The molecule has 0 unspecified atom stereocenters. The van der Waals surface area contributed by atoms with E-state index in [-0.39, 0.29) is 12.6 Å². The summed E-state index contributed by atoms with van der Waals surface area (Å²) in [5.41, 5.74) is 2.03. The van der Waals surface area contributed by atoms with Crippen LogP contribution in [0.4, 0.5) is 0 Å². The Kier molecular flexibility index (Phi) is 8.97. The molecule has 4 heteroatoms. The van der Waals surface area contributed by atoms with Crippen LogP contribution < -0.4 is 5.48 Å². The van der Waals surface area contributed by atoms with Gasteiger partial charge in [0.2, 0.25) is 0 Å². The summed E-state index contributed by atoms with van der Waals surface area (Å²) in [4.78, 5) is 0. The predicted octanol–water partition coefficient (Wildman–Crippen LogP) is 0.0585. The molecular weight excluding hydrogens is 156 g/mol. The second-order valence-corrected chi connectivity index (χ2v) is 4.02. The molecule has 0 spiro atoms. The number of nitrogens with zero attached hydrogens (tertiary/aromatic N) is 1. The summed E-state index contributed by atoms with van der Waals surface area (Å²) < 4.78 is 0.844. The van der Waals surface area contributed by atoms with Crippen LogP contribution in [0, 0.1) is 0 Å². The Bertz CT molecular complexity index is 89.5. The van der Waals surface area contributed by atoms with Gasteiger partial charge in [-0.2, -0.15) is 0 Å². The molecule has 0 heterocycles. The first-order valence-corrected chi connectivity index (χ1v) is 4.14. The minimum atomic E-state index is 0.190. The van der Waals surface area contributed by atoms with Crippen LogP contribution in [0.5, 0.6) is 0 Å². The minimum absolute atomic E-state index is 0.190. The molecule has 0 bridgehead atoms. The molecule has 0 saturated heterocycles. The van der Waals surface area contributed by atoms with Gasteiger partial charge >= 0.3 is 0 Å². The maximum absolute atomic E-state index is 8.39. The van der Waals surface area contributed by atoms with Gasteiger partial charge in [-0.15, -0.1) is 0 Å². The standard InChI is InChI=1S/C5H14NO.C3H9NO/c1-6(2,3)4-5-7;1-3(2)4-5/h7H,4-5H2,1-3H3;3-5H,1-2H3/q+1;. The van der Waals surface area contributed by atoms with Crippen molar-refractivity contribution in [3.63, 3.8) is 0 Å². The number of hydrogen-bond donors (Lipinski definition) is 3. The third-order valence-corrected chi connectivity index (χ3v) is 1.03. The van der Waals surface area contributed by atoms with Crippen molar-refractivity contribution in [1.82, 2.24) is 5.48 Å². The van der Waals surface area contributed by atoms with Crippen molar-refractivity contribution < 1.29 is 14.8 Å². The fraction of sp³-hybridized carbons (Fsp3) is 1.00. The smallest absolute Gasteiger partial charge is 0.101 e. The topological polar surface area (TPSA) is 52.5 Å². The first-order valence-electron chi connectivity index (χ1n) is 4.14. The third kappa shape index (κ3) is 22.5. The van der Waals surface area contributed by atoms with Crippen LogP contribution in [0.3, 0.4) is 0 Å². The molecule has 4 nitrogen and oxygen atoms in total. The Balaban J connectivity index is 0. The number of aliphatic hydroxyl groups is 1. The van der Waals surface area contributed by atoms with E-state index in [0.29, 0.717) is 0 Å². The van der Waals surface area contributed by atoms with Crippen molar-refractivity contribution in [2.75, 3.05) is 34.3 Å². The fourth-order valence-electron chi connectivity index (χ4n) is 0.300. The molecule has 0 aliphatic carbocycles. The molecular formula is C8H23N2O2+. The first-order chi connectivity index (χ1) is 5.33. The molecule has 0 saturated carbocycles. The van der Waals surface area contributed by atoms with E-state index in [9.17, 15) is 0 Å². The monoisotopic (exact) mass is 179 g/mol. The van der Waals surface area contributed by atoms with E-state index in [1.165, 1.54) is 0 Å². The van der Waals surface area contributed by atoms with Crippen molar-refractivity contribution in [2.24, 2.45) is 0 Å². The lowest BCUT2D eigenvalue weighted by Crippen LogP contribution is -2.36. The van der Waals surface area contributed by atoms with Crippen LogP contribution >= 0.6 is 0 Å². The van der Waals surface area contributed by atoms with Crippen molar-refractivity contribution in [1.29, 1.82) is 0 Å². The fourth-order valence-corrected chi connectivity index (χ4v) is 0.300. The molecule has 0 aromatic carbocycles.